The Kier molecular flexibility index (Phi) is 3.06. The van der Waals surface area contributed by atoms with Gasteiger partial charge in [-0.3, -0.25) is 0 Å². The molecule has 1 aromatic rings. The van der Waals surface area contributed by atoms with Crippen LogP contribution in [-0.2, 0) is 4.74 Å². The number of unbranched alkanes of at least 4 members (excludes halogenated alkanes) is 1. The highest BCUT2D eigenvalue weighted by atomic mass is 16.5. The lowest BCUT2D eigenvalue weighted by Crippen LogP contribution is -2.36. The Bertz CT molecular complexity index is 390. The van der Waals surface area contributed by atoms with Gasteiger partial charge >= 0.3 is 0 Å². The van der Waals surface area contributed by atoms with Crippen LogP contribution >= 0.6 is 0 Å². The van der Waals surface area contributed by atoms with Crippen LogP contribution in [0.2, 0.25) is 0 Å². The number of hydrogen-bond donors (Lipinski definition) is 0. The molecule has 0 N–H and O–H groups in total. The third kappa shape index (κ3) is 1.95. The summed E-state index contributed by atoms with van der Waals surface area (Å²) in [6, 6.07) is 8.78. The highest BCUT2D eigenvalue weighted by Gasteiger charge is 2.37. The molecule has 2 atom stereocenters. The molecule has 0 radical (unpaired) electrons. The molecule has 17 heavy (non-hydrogen) atoms. The summed E-state index contributed by atoms with van der Waals surface area (Å²) in [4.78, 5) is 2.56. The molecule has 0 saturated carbocycles. The summed E-state index contributed by atoms with van der Waals surface area (Å²) in [5.41, 5.74) is 2.82. The molecule has 0 aliphatic carbocycles. The van der Waals surface area contributed by atoms with E-state index in [2.05, 4.69) is 36.1 Å². The highest BCUT2D eigenvalue weighted by molar-refractivity contribution is 5.57. The predicted octanol–water partition coefficient (Wildman–Crippen LogP) is 3.38. The van der Waals surface area contributed by atoms with Crippen LogP contribution in [0.1, 0.15) is 37.9 Å². The Labute approximate surface area is 104 Å². The van der Waals surface area contributed by atoms with Gasteiger partial charge in [0.05, 0.1) is 6.10 Å². The Morgan fingerprint density at radius 1 is 1.35 bits per heavy atom. The lowest BCUT2D eigenvalue weighted by molar-refractivity contribution is 0.0886. The normalized spacial score (nSPS) is 26.8. The summed E-state index contributed by atoms with van der Waals surface area (Å²) in [5.74, 6) is 0.710. The van der Waals surface area contributed by atoms with Crippen molar-refractivity contribution in [2.75, 3.05) is 24.6 Å². The number of nitrogens with zero attached hydrogens (tertiary/aromatic N) is 1. The number of para-hydroxylation sites is 1. The van der Waals surface area contributed by atoms with Crippen LogP contribution in [0.3, 0.4) is 0 Å². The minimum Gasteiger partial charge on any atom is -0.373 e. The van der Waals surface area contributed by atoms with Gasteiger partial charge in [-0.25, -0.2) is 0 Å². The smallest absolute Gasteiger partial charge is 0.0890 e. The maximum absolute atomic E-state index is 5.91. The number of rotatable bonds is 3. The van der Waals surface area contributed by atoms with Gasteiger partial charge in [0.15, 0.2) is 0 Å². The molecule has 0 amide bonds. The molecule has 0 spiro atoms. The summed E-state index contributed by atoms with van der Waals surface area (Å²) in [7, 11) is 0. The highest BCUT2D eigenvalue weighted by Crippen LogP contribution is 2.43. The van der Waals surface area contributed by atoms with Crippen LogP contribution in [0, 0.1) is 5.92 Å². The van der Waals surface area contributed by atoms with E-state index in [9.17, 15) is 0 Å². The van der Waals surface area contributed by atoms with Crippen molar-refractivity contribution in [2.24, 2.45) is 5.92 Å². The first-order valence-electron chi connectivity index (χ1n) is 6.85. The molecule has 0 bridgehead atoms. The molecule has 2 heteroatoms. The molecular formula is C15H21NO. The van der Waals surface area contributed by atoms with Crippen molar-refractivity contribution in [2.45, 2.75) is 32.3 Å². The van der Waals surface area contributed by atoms with Crippen molar-refractivity contribution < 1.29 is 4.74 Å². The summed E-state index contributed by atoms with van der Waals surface area (Å²) < 4.78 is 5.91. The summed E-state index contributed by atoms with van der Waals surface area (Å²) in [6.45, 7) is 5.57. The van der Waals surface area contributed by atoms with Crippen LogP contribution in [0.15, 0.2) is 24.3 Å². The van der Waals surface area contributed by atoms with Gasteiger partial charge in [-0.2, -0.15) is 0 Å². The zero-order valence-electron chi connectivity index (χ0n) is 10.6. The van der Waals surface area contributed by atoms with Crippen molar-refractivity contribution in [3.63, 3.8) is 0 Å². The van der Waals surface area contributed by atoms with Crippen LogP contribution in [0.25, 0.3) is 0 Å². The molecule has 2 heterocycles. The van der Waals surface area contributed by atoms with E-state index in [1.54, 1.807) is 0 Å². The Balaban J connectivity index is 1.90. The summed E-state index contributed by atoms with van der Waals surface area (Å²) >= 11 is 0. The van der Waals surface area contributed by atoms with Gasteiger partial charge in [0, 0.05) is 36.9 Å². The molecule has 0 aromatic heterocycles. The fourth-order valence-electron chi connectivity index (χ4n) is 3.12. The Morgan fingerprint density at radius 3 is 3.12 bits per heavy atom. The first-order valence-corrected chi connectivity index (χ1v) is 6.85. The van der Waals surface area contributed by atoms with Crippen LogP contribution in [0.5, 0.6) is 0 Å². The average molecular weight is 231 g/mol. The van der Waals surface area contributed by atoms with Gasteiger partial charge in [-0.15, -0.1) is 0 Å². The summed E-state index contributed by atoms with van der Waals surface area (Å²) in [5, 5.41) is 0. The van der Waals surface area contributed by atoms with E-state index in [1.165, 1.54) is 43.6 Å². The molecule has 2 aliphatic rings. The Hall–Kier alpha value is -1.02. The predicted molar refractivity (Wildman–Crippen MR) is 70.4 cm³/mol. The molecule has 2 nitrogen and oxygen atoms in total. The standard InChI is InChI=1S/C15H21NO/c1-2-3-9-16-11-12-8-10-17-15(12)13-6-4-5-7-14(13)16/h4-7,12,15H,2-3,8-11H2,1H3/t12-,15-/m1/s1. The molecule has 92 valence electrons. The molecule has 1 aromatic carbocycles. The summed E-state index contributed by atoms with van der Waals surface area (Å²) in [6.07, 6.45) is 4.14. The fourth-order valence-corrected chi connectivity index (χ4v) is 3.12. The van der Waals surface area contributed by atoms with Crippen LogP contribution < -0.4 is 4.90 Å². The quantitative estimate of drug-likeness (QED) is 0.790. The van der Waals surface area contributed by atoms with Crippen LogP contribution in [0.4, 0.5) is 5.69 Å². The van der Waals surface area contributed by atoms with E-state index < -0.39 is 0 Å². The SMILES string of the molecule is CCCCN1C[C@H]2CCO[C@H]2c2ccccc21. The van der Waals surface area contributed by atoms with Crippen molar-refractivity contribution in [1.82, 2.24) is 0 Å². The third-order valence-corrected chi connectivity index (χ3v) is 4.03. The first kappa shape index (κ1) is 11.1. The van der Waals surface area contributed by atoms with Crippen molar-refractivity contribution in [3.05, 3.63) is 29.8 Å². The maximum Gasteiger partial charge on any atom is 0.0890 e. The second kappa shape index (κ2) is 4.69. The van der Waals surface area contributed by atoms with Gasteiger partial charge < -0.3 is 9.64 Å². The van der Waals surface area contributed by atoms with Gasteiger partial charge in [0.2, 0.25) is 0 Å². The number of anilines is 1. The van der Waals surface area contributed by atoms with E-state index in [0.29, 0.717) is 12.0 Å². The van der Waals surface area contributed by atoms with Crippen LogP contribution in [-0.4, -0.2) is 19.7 Å². The molecular weight excluding hydrogens is 210 g/mol. The molecule has 0 unspecified atom stereocenters. The second-order valence-electron chi connectivity index (χ2n) is 5.20. The van der Waals surface area contributed by atoms with E-state index in [1.807, 2.05) is 0 Å². The molecule has 2 aliphatic heterocycles. The zero-order chi connectivity index (χ0) is 11.7. The van der Waals surface area contributed by atoms with E-state index in [-0.39, 0.29) is 0 Å². The molecule has 3 rings (SSSR count). The number of ether oxygens (including phenoxy) is 1. The Morgan fingerprint density at radius 2 is 2.24 bits per heavy atom. The second-order valence-corrected chi connectivity index (χ2v) is 5.20. The lowest BCUT2D eigenvalue weighted by Gasteiger charge is -2.37. The first-order chi connectivity index (χ1) is 8.40. The van der Waals surface area contributed by atoms with Crippen molar-refractivity contribution in [3.8, 4) is 0 Å². The average Bonchev–Trinajstić information content (AvgIpc) is 2.84. The minimum absolute atomic E-state index is 0.365. The largest absolute Gasteiger partial charge is 0.373 e. The number of hydrogen-bond acceptors (Lipinski definition) is 2. The van der Waals surface area contributed by atoms with Gasteiger partial charge in [0.25, 0.3) is 0 Å². The van der Waals surface area contributed by atoms with Gasteiger partial charge in [0.1, 0.15) is 0 Å². The fraction of sp³-hybridized carbons (Fsp3) is 0.600. The van der Waals surface area contributed by atoms with Gasteiger partial charge in [-0.1, -0.05) is 31.5 Å². The van der Waals surface area contributed by atoms with E-state index in [4.69, 9.17) is 4.74 Å². The van der Waals surface area contributed by atoms with Gasteiger partial charge in [-0.05, 0) is 18.9 Å². The van der Waals surface area contributed by atoms with Crippen molar-refractivity contribution >= 4 is 5.69 Å². The van der Waals surface area contributed by atoms with E-state index >= 15 is 0 Å². The monoisotopic (exact) mass is 231 g/mol. The lowest BCUT2D eigenvalue weighted by atomic mass is 9.89. The topological polar surface area (TPSA) is 12.5 Å². The molecule has 1 saturated heterocycles. The zero-order valence-corrected chi connectivity index (χ0v) is 10.6. The molecule has 1 fully saturated rings. The van der Waals surface area contributed by atoms with Crippen molar-refractivity contribution in [1.29, 1.82) is 0 Å². The third-order valence-electron chi connectivity index (χ3n) is 4.03. The number of fused-ring (bicyclic) bond motifs is 3. The van der Waals surface area contributed by atoms with E-state index in [0.717, 1.165) is 6.61 Å². The minimum atomic E-state index is 0.365. The number of benzene rings is 1. The maximum atomic E-state index is 5.91.